The van der Waals surface area contributed by atoms with E-state index >= 15 is 0 Å². The highest BCUT2D eigenvalue weighted by atomic mass is 19.4. The van der Waals surface area contributed by atoms with E-state index in [9.17, 15) is 18.0 Å². The average Bonchev–Trinajstić information content (AvgIpc) is 2.15. The summed E-state index contributed by atoms with van der Waals surface area (Å²) >= 11 is 0. The van der Waals surface area contributed by atoms with Crippen molar-refractivity contribution in [1.29, 1.82) is 5.26 Å². The van der Waals surface area contributed by atoms with Gasteiger partial charge in [-0.1, -0.05) is 0 Å². The molecule has 0 aliphatic heterocycles. The van der Waals surface area contributed by atoms with E-state index in [1.165, 1.54) is 0 Å². The Morgan fingerprint density at radius 3 is 2.50 bits per heavy atom. The lowest BCUT2D eigenvalue weighted by atomic mass is 10.1. The van der Waals surface area contributed by atoms with E-state index < -0.39 is 17.6 Å². The van der Waals surface area contributed by atoms with Crippen molar-refractivity contribution in [3.63, 3.8) is 0 Å². The van der Waals surface area contributed by atoms with Crippen molar-refractivity contribution in [2.75, 3.05) is 5.32 Å². The number of anilines is 1. The Balaban J connectivity index is 3.23. The highest BCUT2D eigenvalue weighted by Gasteiger charge is 2.31. The molecule has 0 saturated carbocycles. The summed E-state index contributed by atoms with van der Waals surface area (Å²) in [6.45, 7) is 1.15. The number of alkyl halides is 3. The van der Waals surface area contributed by atoms with Crippen LogP contribution in [0.4, 0.5) is 18.9 Å². The van der Waals surface area contributed by atoms with Crippen molar-refractivity contribution in [1.82, 2.24) is 0 Å². The zero-order chi connectivity index (χ0) is 12.3. The van der Waals surface area contributed by atoms with E-state index in [1.54, 1.807) is 6.07 Å². The van der Waals surface area contributed by atoms with Crippen molar-refractivity contribution in [2.45, 2.75) is 13.1 Å². The molecule has 3 nitrogen and oxygen atoms in total. The summed E-state index contributed by atoms with van der Waals surface area (Å²) in [6.07, 6.45) is -4.50. The van der Waals surface area contributed by atoms with Crippen LogP contribution < -0.4 is 5.32 Å². The van der Waals surface area contributed by atoms with Crippen LogP contribution in [0.5, 0.6) is 0 Å². The fraction of sp³-hybridized carbons (Fsp3) is 0.200. The largest absolute Gasteiger partial charge is 0.416 e. The van der Waals surface area contributed by atoms with Gasteiger partial charge in [0.2, 0.25) is 5.91 Å². The van der Waals surface area contributed by atoms with Crippen molar-refractivity contribution < 1.29 is 18.0 Å². The Morgan fingerprint density at radius 2 is 2.06 bits per heavy atom. The molecule has 0 spiro atoms. The summed E-state index contributed by atoms with van der Waals surface area (Å²) in [7, 11) is 0. The smallest absolute Gasteiger partial charge is 0.325 e. The molecule has 0 aliphatic carbocycles. The van der Waals surface area contributed by atoms with Gasteiger partial charge in [-0.15, -0.1) is 0 Å². The predicted molar refractivity (Wildman–Crippen MR) is 50.5 cm³/mol. The summed E-state index contributed by atoms with van der Waals surface area (Å²) in [4.78, 5) is 10.7. The van der Waals surface area contributed by atoms with Crippen molar-refractivity contribution >= 4 is 11.6 Å². The Kier molecular flexibility index (Phi) is 3.18. The minimum Gasteiger partial charge on any atom is -0.325 e. The van der Waals surface area contributed by atoms with Gasteiger partial charge >= 0.3 is 6.18 Å². The number of carbonyl (C=O) groups is 1. The quantitative estimate of drug-likeness (QED) is 0.802. The lowest BCUT2D eigenvalue weighted by Gasteiger charge is -2.10. The number of nitriles is 1. The van der Waals surface area contributed by atoms with Gasteiger partial charge in [-0.25, -0.2) is 0 Å². The number of rotatable bonds is 1. The normalized spacial score (nSPS) is 10.7. The lowest BCUT2D eigenvalue weighted by molar-refractivity contribution is -0.137. The summed E-state index contributed by atoms with van der Waals surface area (Å²) < 4.78 is 37.0. The molecular weight excluding hydrogens is 221 g/mol. The molecular formula is C10H7F3N2O. The molecule has 0 aliphatic rings. The number of amides is 1. The molecule has 6 heteroatoms. The fourth-order valence-electron chi connectivity index (χ4n) is 1.11. The Morgan fingerprint density at radius 1 is 1.44 bits per heavy atom. The Bertz CT molecular complexity index is 460. The highest BCUT2D eigenvalue weighted by molar-refractivity contribution is 5.90. The maximum Gasteiger partial charge on any atom is 0.416 e. The summed E-state index contributed by atoms with van der Waals surface area (Å²) in [5.41, 5.74) is -1.05. The topological polar surface area (TPSA) is 52.9 Å². The van der Waals surface area contributed by atoms with Crippen LogP contribution in [-0.2, 0) is 11.0 Å². The van der Waals surface area contributed by atoms with Gasteiger partial charge in [0.05, 0.1) is 16.8 Å². The van der Waals surface area contributed by atoms with Crippen LogP contribution >= 0.6 is 0 Å². The standard InChI is InChI=1S/C10H7F3N2O/c1-6(16)15-9-4-8(10(11,12)13)3-2-7(9)5-14/h2-4H,1H3,(H,15,16). The number of nitrogens with zero attached hydrogens (tertiary/aromatic N) is 1. The van der Waals surface area contributed by atoms with Crippen LogP contribution in [0.25, 0.3) is 0 Å². The van der Waals surface area contributed by atoms with Crippen LogP contribution in [0.15, 0.2) is 18.2 Å². The van der Waals surface area contributed by atoms with Crippen molar-refractivity contribution in [2.24, 2.45) is 0 Å². The van der Waals surface area contributed by atoms with Crippen molar-refractivity contribution in [3.8, 4) is 6.07 Å². The van der Waals surface area contributed by atoms with Crippen LogP contribution in [0.1, 0.15) is 18.1 Å². The molecule has 0 bridgehead atoms. The SMILES string of the molecule is CC(=O)Nc1cc(C(F)(F)F)ccc1C#N. The van der Waals surface area contributed by atoms with E-state index in [4.69, 9.17) is 5.26 Å². The number of hydrogen-bond donors (Lipinski definition) is 1. The average molecular weight is 228 g/mol. The predicted octanol–water partition coefficient (Wildman–Crippen LogP) is 2.54. The minimum atomic E-state index is -4.50. The molecule has 84 valence electrons. The first kappa shape index (κ1) is 12.0. The molecule has 1 rings (SSSR count). The number of halogens is 3. The van der Waals surface area contributed by atoms with E-state index in [2.05, 4.69) is 5.32 Å². The van der Waals surface area contributed by atoms with Crippen LogP contribution in [0, 0.1) is 11.3 Å². The van der Waals surface area contributed by atoms with Gasteiger partial charge < -0.3 is 5.32 Å². The first-order chi connectivity index (χ1) is 7.34. The Hall–Kier alpha value is -2.03. The molecule has 1 aromatic carbocycles. The molecule has 0 aromatic heterocycles. The first-order valence-electron chi connectivity index (χ1n) is 4.23. The van der Waals surface area contributed by atoms with Gasteiger partial charge in [0.1, 0.15) is 6.07 Å². The van der Waals surface area contributed by atoms with E-state index in [-0.39, 0.29) is 11.3 Å². The highest BCUT2D eigenvalue weighted by Crippen LogP contribution is 2.31. The maximum atomic E-state index is 12.3. The van der Waals surface area contributed by atoms with E-state index in [0.717, 1.165) is 25.1 Å². The maximum absolute atomic E-state index is 12.3. The molecule has 0 unspecified atom stereocenters. The van der Waals surface area contributed by atoms with Gasteiger partial charge in [0.15, 0.2) is 0 Å². The van der Waals surface area contributed by atoms with Gasteiger partial charge in [-0.3, -0.25) is 4.79 Å². The second kappa shape index (κ2) is 4.23. The van der Waals surface area contributed by atoms with Crippen LogP contribution in [-0.4, -0.2) is 5.91 Å². The fourth-order valence-corrected chi connectivity index (χ4v) is 1.11. The molecule has 0 radical (unpaired) electrons. The zero-order valence-electron chi connectivity index (χ0n) is 8.22. The second-order valence-corrected chi connectivity index (χ2v) is 3.05. The number of carbonyl (C=O) groups excluding carboxylic acids is 1. The van der Waals surface area contributed by atoms with E-state index in [1.807, 2.05) is 0 Å². The number of nitrogens with one attached hydrogen (secondary N) is 1. The van der Waals surface area contributed by atoms with E-state index in [0.29, 0.717) is 0 Å². The molecule has 1 amide bonds. The van der Waals surface area contributed by atoms with Crippen LogP contribution in [0.2, 0.25) is 0 Å². The first-order valence-corrected chi connectivity index (χ1v) is 4.23. The lowest BCUT2D eigenvalue weighted by Crippen LogP contribution is -2.10. The number of hydrogen-bond acceptors (Lipinski definition) is 2. The molecule has 16 heavy (non-hydrogen) atoms. The van der Waals surface area contributed by atoms with Gasteiger partial charge in [0.25, 0.3) is 0 Å². The minimum absolute atomic E-state index is 0.0109. The molecule has 0 saturated heterocycles. The molecule has 0 heterocycles. The summed E-state index contributed by atoms with van der Waals surface area (Å²) in [5.74, 6) is -0.532. The third kappa shape index (κ3) is 2.73. The summed E-state index contributed by atoms with van der Waals surface area (Å²) in [6, 6.07) is 4.25. The molecule has 1 aromatic rings. The Labute approximate surface area is 89.5 Å². The molecule has 0 atom stereocenters. The third-order valence-electron chi connectivity index (χ3n) is 1.78. The molecule has 0 fully saturated rings. The third-order valence-corrected chi connectivity index (χ3v) is 1.78. The van der Waals surface area contributed by atoms with Crippen LogP contribution in [0.3, 0.4) is 0 Å². The van der Waals surface area contributed by atoms with Gasteiger partial charge in [0, 0.05) is 6.92 Å². The van der Waals surface area contributed by atoms with Gasteiger partial charge in [-0.2, -0.15) is 18.4 Å². The second-order valence-electron chi connectivity index (χ2n) is 3.05. The molecule has 1 N–H and O–H groups in total. The monoisotopic (exact) mass is 228 g/mol. The number of benzene rings is 1. The van der Waals surface area contributed by atoms with Crippen molar-refractivity contribution in [3.05, 3.63) is 29.3 Å². The summed E-state index contributed by atoms with van der Waals surface area (Å²) in [5, 5.41) is 10.8. The van der Waals surface area contributed by atoms with Gasteiger partial charge in [-0.05, 0) is 18.2 Å². The zero-order valence-corrected chi connectivity index (χ0v) is 8.22.